The van der Waals surface area contributed by atoms with Crippen molar-refractivity contribution in [2.45, 2.75) is 31.6 Å². The highest BCUT2D eigenvalue weighted by Gasteiger charge is 2.20. The van der Waals surface area contributed by atoms with Crippen LogP contribution in [0.1, 0.15) is 34.8 Å². The maximum absolute atomic E-state index is 12.5. The minimum absolute atomic E-state index is 0.150. The molecule has 0 aliphatic rings. The van der Waals surface area contributed by atoms with E-state index in [1.165, 1.54) is 23.1 Å². The number of aryl methyl sites for hydroxylation is 1. The molecule has 0 bridgehead atoms. The van der Waals surface area contributed by atoms with Gasteiger partial charge in [-0.15, -0.1) is 28.1 Å². The van der Waals surface area contributed by atoms with Crippen LogP contribution in [0.3, 0.4) is 0 Å². The standard InChI is InChI=1S/C20H21ClN6O2S2/c1-4-8-27-17(13(3)23-18(29)14-6-5-7-15(21)9-14)25-26-20(27)31-11-16(28)24-19-22-12(2)10-30-19/h4-7,9-10,13H,1,8,11H2,2-3H3,(H,23,29)(H,22,24,28). The fourth-order valence-corrected chi connectivity index (χ4v) is 4.35. The zero-order valence-corrected chi connectivity index (χ0v) is 19.4. The number of thioether (sulfide) groups is 1. The molecule has 1 unspecified atom stereocenters. The van der Waals surface area contributed by atoms with Crippen molar-refractivity contribution < 1.29 is 9.59 Å². The Bertz CT molecular complexity index is 1100. The number of allylic oxidation sites excluding steroid dienone is 1. The lowest BCUT2D eigenvalue weighted by Gasteiger charge is -2.15. The van der Waals surface area contributed by atoms with Crippen LogP contribution in [0.4, 0.5) is 5.13 Å². The zero-order valence-electron chi connectivity index (χ0n) is 17.0. The number of hydrogen-bond donors (Lipinski definition) is 2. The number of thiazole rings is 1. The number of carbonyl (C=O) groups is 2. The quantitative estimate of drug-likeness (QED) is 0.356. The van der Waals surface area contributed by atoms with E-state index in [0.29, 0.717) is 33.2 Å². The van der Waals surface area contributed by atoms with Gasteiger partial charge < -0.3 is 15.2 Å². The van der Waals surface area contributed by atoms with Crippen LogP contribution < -0.4 is 10.6 Å². The van der Waals surface area contributed by atoms with Gasteiger partial charge in [0.05, 0.1) is 17.5 Å². The van der Waals surface area contributed by atoms with Gasteiger partial charge in [0.15, 0.2) is 16.1 Å². The minimum Gasteiger partial charge on any atom is -0.342 e. The van der Waals surface area contributed by atoms with Gasteiger partial charge in [0.1, 0.15) is 0 Å². The van der Waals surface area contributed by atoms with Gasteiger partial charge in [-0.2, -0.15) is 0 Å². The number of rotatable bonds is 9. The van der Waals surface area contributed by atoms with E-state index in [1.54, 1.807) is 30.3 Å². The number of carbonyl (C=O) groups excluding carboxylic acids is 2. The lowest BCUT2D eigenvalue weighted by atomic mass is 10.2. The average Bonchev–Trinajstić information content (AvgIpc) is 3.32. The Morgan fingerprint density at radius 3 is 2.87 bits per heavy atom. The second kappa shape index (κ2) is 10.6. The van der Waals surface area contributed by atoms with Gasteiger partial charge in [-0.25, -0.2) is 4.98 Å². The number of aromatic nitrogens is 4. The van der Waals surface area contributed by atoms with E-state index in [2.05, 4.69) is 32.4 Å². The first-order chi connectivity index (χ1) is 14.9. The second-order valence-corrected chi connectivity index (χ2v) is 8.81. The summed E-state index contributed by atoms with van der Waals surface area (Å²) in [4.78, 5) is 29.0. The molecule has 11 heteroatoms. The van der Waals surface area contributed by atoms with E-state index < -0.39 is 6.04 Å². The Balaban J connectivity index is 1.66. The molecule has 0 saturated heterocycles. The maximum Gasteiger partial charge on any atom is 0.251 e. The molecule has 0 aliphatic carbocycles. The number of halogens is 1. The highest BCUT2D eigenvalue weighted by Crippen LogP contribution is 2.22. The van der Waals surface area contributed by atoms with Gasteiger partial charge in [-0.05, 0) is 32.0 Å². The number of anilines is 1. The fourth-order valence-electron chi connectivity index (χ4n) is 2.70. The summed E-state index contributed by atoms with van der Waals surface area (Å²) in [5, 5.41) is 17.6. The van der Waals surface area contributed by atoms with Crippen molar-refractivity contribution in [2.75, 3.05) is 11.1 Å². The first kappa shape index (κ1) is 23.0. The molecular weight excluding hydrogens is 456 g/mol. The zero-order chi connectivity index (χ0) is 22.4. The Labute approximate surface area is 193 Å². The average molecular weight is 477 g/mol. The van der Waals surface area contributed by atoms with E-state index in [0.717, 1.165) is 5.69 Å². The Kier molecular flexibility index (Phi) is 7.83. The molecule has 3 aromatic rings. The number of nitrogens with zero attached hydrogens (tertiary/aromatic N) is 4. The summed E-state index contributed by atoms with van der Waals surface area (Å²) in [5.74, 6) is 0.262. The summed E-state index contributed by atoms with van der Waals surface area (Å²) < 4.78 is 1.82. The highest BCUT2D eigenvalue weighted by molar-refractivity contribution is 7.99. The molecule has 0 spiro atoms. The van der Waals surface area contributed by atoms with Crippen molar-refractivity contribution in [3.63, 3.8) is 0 Å². The SMILES string of the molecule is C=CCn1c(SCC(=O)Nc2nc(C)cs2)nnc1C(C)NC(=O)c1cccc(Cl)c1. The third-order valence-electron chi connectivity index (χ3n) is 4.08. The molecule has 0 fully saturated rings. The first-order valence-electron chi connectivity index (χ1n) is 9.32. The van der Waals surface area contributed by atoms with Crippen LogP contribution in [0, 0.1) is 6.92 Å². The summed E-state index contributed by atoms with van der Waals surface area (Å²) in [6.45, 7) is 7.90. The molecule has 0 radical (unpaired) electrons. The summed E-state index contributed by atoms with van der Waals surface area (Å²) >= 11 is 8.60. The van der Waals surface area contributed by atoms with Crippen molar-refractivity contribution in [1.82, 2.24) is 25.1 Å². The van der Waals surface area contributed by atoms with Crippen molar-refractivity contribution in [2.24, 2.45) is 0 Å². The molecule has 1 aromatic carbocycles. The molecule has 162 valence electrons. The number of benzene rings is 1. The van der Waals surface area contributed by atoms with Gasteiger partial charge in [0.2, 0.25) is 5.91 Å². The topological polar surface area (TPSA) is 102 Å². The van der Waals surface area contributed by atoms with Crippen LogP contribution in [0.2, 0.25) is 5.02 Å². The smallest absolute Gasteiger partial charge is 0.251 e. The molecule has 0 saturated carbocycles. The molecular formula is C20H21ClN6O2S2. The van der Waals surface area contributed by atoms with E-state index >= 15 is 0 Å². The predicted molar refractivity (Wildman–Crippen MR) is 124 cm³/mol. The van der Waals surface area contributed by atoms with Crippen LogP contribution in [0.25, 0.3) is 0 Å². The summed E-state index contributed by atoms with van der Waals surface area (Å²) in [7, 11) is 0. The summed E-state index contributed by atoms with van der Waals surface area (Å²) in [6, 6.07) is 6.29. The van der Waals surface area contributed by atoms with Crippen LogP contribution >= 0.6 is 34.7 Å². The van der Waals surface area contributed by atoms with E-state index in [-0.39, 0.29) is 17.6 Å². The summed E-state index contributed by atoms with van der Waals surface area (Å²) in [5.41, 5.74) is 1.31. The molecule has 2 heterocycles. The summed E-state index contributed by atoms with van der Waals surface area (Å²) in [6.07, 6.45) is 1.71. The van der Waals surface area contributed by atoms with Crippen molar-refractivity contribution in [3.8, 4) is 0 Å². The first-order valence-corrected chi connectivity index (χ1v) is 11.6. The minimum atomic E-state index is -0.416. The molecule has 8 nitrogen and oxygen atoms in total. The van der Waals surface area contributed by atoms with E-state index in [1.807, 2.05) is 23.8 Å². The monoisotopic (exact) mass is 476 g/mol. The molecule has 31 heavy (non-hydrogen) atoms. The van der Waals surface area contributed by atoms with Gasteiger partial charge in [-0.1, -0.05) is 35.5 Å². The molecule has 2 aromatic heterocycles. The largest absolute Gasteiger partial charge is 0.342 e. The van der Waals surface area contributed by atoms with Crippen molar-refractivity contribution in [3.05, 3.63) is 64.4 Å². The second-order valence-electron chi connectivity index (χ2n) is 6.58. The van der Waals surface area contributed by atoms with Crippen LogP contribution in [-0.2, 0) is 11.3 Å². The van der Waals surface area contributed by atoms with Crippen LogP contribution in [0.5, 0.6) is 0 Å². The molecule has 2 N–H and O–H groups in total. The number of nitrogens with one attached hydrogen (secondary N) is 2. The molecule has 2 amide bonds. The van der Waals surface area contributed by atoms with Gasteiger partial charge in [0, 0.05) is 22.5 Å². The van der Waals surface area contributed by atoms with Gasteiger partial charge >= 0.3 is 0 Å². The van der Waals surface area contributed by atoms with Gasteiger partial charge in [0.25, 0.3) is 5.91 Å². The Hall–Kier alpha value is -2.69. The third-order valence-corrected chi connectivity index (χ3v) is 6.15. The molecule has 0 aliphatic heterocycles. The number of amides is 2. The Morgan fingerprint density at radius 2 is 2.19 bits per heavy atom. The van der Waals surface area contributed by atoms with Gasteiger partial charge in [-0.3, -0.25) is 9.59 Å². The lowest BCUT2D eigenvalue weighted by molar-refractivity contribution is -0.113. The van der Waals surface area contributed by atoms with E-state index in [9.17, 15) is 9.59 Å². The predicted octanol–water partition coefficient (Wildman–Crippen LogP) is 4.10. The maximum atomic E-state index is 12.5. The van der Waals surface area contributed by atoms with Crippen LogP contribution in [-0.4, -0.2) is 37.3 Å². The van der Waals surface area contributed by atoms with E-state index in [4.69, 9.17) is 11.6 Å². The fraction of sp³-hybridized carbons (Fsp3) is 0.250. The van der Waals surface area contributed by atoms with Crippen molar-refractivity contribution in [1.29, 1.82) is 0 Å². The van der Waals surface area contributed by atoms with Crippen LogP contribution in [0.15, 0.2) is 47.5 Å². The number of hydrogen-bond acceptors (Lipinski definition) is 7. The molecule has 1 atom stereocenters. The van der Waals surface area contributed by atoms with Crippen molar-refractivity contribution >= 4 is 51.6 Å². The molecule has 3 rings (SSSR count). The lowest BCUT2D eigenvalue weighted by Crippen LogP contribution is -2.28. The third kappa shape index (κ3) is 6.16. The Morgan fingerprint density at radius 1 is 1.39 bits per heavy atom. The highest BCUT2D eigenvalue weighted by atomic mass is 35.5. The normalized spacial score (nSPS) is 11.7.